The highest BCUT2D eigenvalue weighted by Gasteiger charge is 2.29. The number of benzene rings is 1. The Morgan fingerprint density at radius 1 is 1.25 bits per heavy atom. The fourth-order valence-corrected chi connectivity index (χ4v) is 4.95. The highest BCUT2D eigenvalue weighted by molar-refractivity contribution is 7.14. The zero-order valence-corrected chi connectivity index (χ0v) is 16.7. The average Bonchev–Trinajstić information content (AvgIpc) is 3.14. The lowest BCUT2D eigenvalue weighted by Gasteiger charge is -2.26. The minimum absolute atomic E-state index is 0.0205. The summed E-state index contributed by atoms with van der Waals surface area (Å²) in [4.78, 5) is 29.1. The Morgan fingerprint density at radius 2 is 2.04 bits per heavy atom. The number of halogens is 2. The first-order chi connectivity index (χ1) is 13.5. The van der Waals surface area contributed by atoms with Crippen molar-refractivity contribution in [2.24, 2.45) is 5.92 Å². The molecule has 1 aromatic carbocycles. The first-order valence-corrected chi connectivity index (χ1v) is 10.4. The van der Waals surface area contributed by atoms with E-state index < -0.39 is 5.82 Å². The van der Waals surface area contributed by atoms with Crippen LogP contribution in [0.25, 0.3) is 0 Å². The molecule has 0 radical (unpaired) electrons. The van der Waals surface area contributed by atoms with Gasteiger partial charge in [0.25, 0.3) is 5.91 Å². The zero-order chi connectivity index (χ0) is 19.7. The summed E-state index contributed by atoms with van der Waals surface area (Å²) < 4.78 is 18.6. The van der Waals surface area contributed by atoms with E-state index in [1.165, 1.54) is 34.4 Å². The molecule has 1 N–H and O–H groups in total. The normalized spacial score (nSPS) is 19.2. The number of rotatable bonds is 3. The number of morpholine rings is 1. The predicted molar refractivity (Wildman–Crippen MR) is 107 cm³/mol. The molecule has 1 aliphatic carbocycles. The van der Waals surface area contributed by atoms with E-state index in [0.717, 1.165) is 23.3 Å². The molecule has 1 aliphatic heterocycles. The van der Waals surface area contributed by atoms with Gasteiger partial charge in [0.2, 0.25) is 5.91 Å². The molecule has 2 amide bonds. The summed E-state index contributed by atoms with van der Waals surface area (Å²) in [7, 11) is 0. The number of amides is 2. The first-order valence-electron chi connectivity index (χ1n) is 9.26. The summed E-state index contributed by atoms with van der Waals surface area (Å²) in [5.74, 6) is -0.764. The molecule has 4 rings (SSSR count). The Labute approximate surface area is 171 Å². The van der Waals surface area contributed by atoms with Crippen LogP contribution in [0.2, 0.25) is 5.02 Å². The van der Waals surface area contributed by atoms with E-state index in [0.29, 0.717) is 38.4 Å². The third-order valence-corrected chi connectivity index (χ3v) is 6.66. The van der Waals surface area contributed by atoms with Crippen molar-refractivity contribution in [1.29, 1.82) is 0 Å². The smallest absolute Gasteiger partial charge is 0.264 e. The number of nitrogens with zero attached hydrogens (tertiary/aromatic N) is 1. The molecule has 1 aromatic heterocycles. The molecule has 0 bridgehead atoms. The Bertz CT molecular complexity index is 911. The van der Waals surface area contributed by atoms with E-state index in [1.54, 1.807) is 0 Å². The van der Waals surface area contributed by atoms with E-state index in [-0.39, 0.29) is 22.8 Å². The number of hydrogen-bond acceptors (Lipinski definition) is 4. The maximum atomic E-state index is 13.3. The van der Waals surface area contributed by atoms with Crippen molar-refractivity contribution in [2.45, 2.75) is 19.3 Å². The molecular formula is C20H20ClFN2O3S. The molecule has 0 saturated carbocycles. The van der Waals surface area contributed by atoms with Crippen LogP contribution in [-0.4, -0.2) is 43.0 Å². The number of anilines is 1. The predicted octanol–water partition coefficient (Wildman–Crippen LogP) is 3.76. The molecule has 5 nitrogen and oxygen atoms in total. The number of aryl methyl sites for hydroxylation is 1. The third kappa shape index (κ3) is 4.06. The molecule has 0 spiro atoms. The van der Waals surface area contributed by atoms with Gasteiger partial charge in [-0.25, -0.2) is 4.39 Å². The van der Waals surface area contributed by atoms with Crippen molar-refractivity contribution in [3.63, 3.8) is 0 Å². The summed E-state index contributed by atoms with van der Waals surface area (Å²) >= 11 is 7.31. The second kappa shape index (κ2) is 8.19. The van der Waals surface area contributed by atoms with Crippen molar-refractivity contribution in [1.82, 2.24) is 4.90 Å². The summed E-state index contributed by atoms with van der Waals surface area (Å²) in [6.45, 7) is 2.39. The number of carbonyl (C=O) groups excluding carboxylic acids is 2. The van der Waals surface area contributed by atoms with Gasteiger partial charge in [-0.1, -0.05) is 11.6 Å². The van der Waals surface area contributed by atoms with Crippen LogP contribution in [-0.2, 0) is 22.4 Å². The lowest BCUT2D eigenvalue weighted by atomic mass is 9.87. The quantitative estimate of drug-likeness (QED) is 0.819. The van der Waals surface area contributed by atoms with Crippen molar-refractivity contribution < 1.29 is 18.7 Å². The van der Waals surface area contributed by atoms with Gasteiger partial charge in [-0.3, -0.25) is 9.59 Å². The van der Waals surface area contributed by atoms with Crippen molar-refractivity contribution in [3.05, 3.63) is 50.4 Å². The van der Waals surface area contributed by atoms with E-state index in [1.807, 2.05) is 11.0 Å². The largest absolute Gasteiger partial charge is 0.378 e. The van der Waals surface area contributed by atoms with Crippen molar-refractivity contribution in [3.8, 4) is 0 Å². The molecule has 1 saturated heterocycles. The number of carbonyl (C=O) groups is 2. The maximum Gasteiger partial charge on any atom is 0.264 e. The third-order valence-electron chi connectivity index (χ3n) is 5.15. The van der Waals surface area contributed by atoms with Gasteiger partial charge in [0.05, 0.1) is 23.1 Å². The second-order valence-electron chi connectivity index (χ2n) is 7.02. The Morgan fingerprint density at radius 3 is 2.79 bits per heavy atom. The standard InChI is InChI=1S/C20H20ClFN2O3S/c21-15-11-14(2-3-16(15)22)23-19(25)12-1-4-17-13(9-12)10-18(28-17)20(26)24-5-7-27-8-6-24/h2-3,10-12H,1,4-9H2,(H,23,25)/t12-/m1/s1. The number of nitrogens with one attached hydrogen (secondary N) is 1. The van der Waals surface area contributed by atoms with Crippen molar-refractivity contribution >= 4 is 40.4 Å². The number of ether oxygens (including phenoxy) is 1. The fraction of sp³-hybridized carbons (Fsp3) is 0.400. The Balaban J connectivity index is 1.42. The van der Waals surface area contributed by atoms with E-state index in [9.17, 15) is 14.0 Å². The topological polar surface area (TPSA) is 58.6 Å². The molecule has 0 unspecified atom stereocenters. The molecule has 1 fully saturated rings. The molecule has 28 heavy (non-hydrogen) atoms. The first kappa shape index (κ1) is 19.4. The van der Waals surface area contributed by atoms with E-state index >= 15 is 0 Å². The minimum atomic E-state index is -0.516. The van der Waals surface area contributed by atoms with Gasteiger partial charge in [0, 0.05) is 29.6 Å². The molecule has 2 aromatic rings. The van der Waals surface area contributed by atoms with Crippen LogP contribution in [0.3, 0.4) is 0 Å². The van der Waals surface area contributed by atoms with Crippen LogP contribution in [0.1, 0.15) is 26.5 Å². The van der Waals surface area contributed by atoms with Gasteiger partial charge in [0.1, 0.15) is 5.82 Å². The monoisotopic (exact) mass is 422 g/mol. The van der Waals surface area contributed by atoms with Crippen LogP contribution in [0.15, 0.2) is 24.3 Å². The Kier molecular flexibility index (Phi) is 5.66. The highest BCUT2D eigenvalue weighted by Crippen LogP contribution is 2.34. The van der Waals surface area contributed by atoms with E-state index in [4.69, 9.17) is 16.3 Å². The summed E-state index contributed by atoms with van der Waals surface area (Å²) in [5.41, 5.74) is 1.56. The number of fused-ring (bicyclic) bond motifs is 1. The van der Waals surface area contributed by atoms with Gasteiger partial charge < -0.3 is 15.0 Å². The molecule has 148 valence electrons. The van der Waals surface area contributed by atoms with Crippen molar-refractivity contribution in [2.75, 3.05) is 31.6 Å². The summed E-state index contributed by atoms with van der Waals surface area (Å²) in [5, 5.41) is 2.80. The molecule has 8 heteroatoms. The molecule has 2 aliphatic rings. The van der Waals surface area contributed by atoms with Gasteiger partial charge in [-0.05, 0) is 49.1 Å². The van der Waals surface area contributed by atoms with Crippen LogP contribution in [0, 0.1) is 11.7 Å². The van der Waals surface area contributed by atoms with Crippen LogP contribution >= 0.6 is 22.9 Å². The summed E-state index contributed by atoms with van der Waals surface area (Å²) in [6.07, 6.45) is 2.10. The van der Waals surface area contributed by atoms with Gasteiger partial charge in [-0.15, -0.1) is 11.3 Å². The molecule has 1 atom stereocenters. The molecular weight excluding hydrogens is 403 g/mol. The second-order valence-corrected chi connectivity index (χ2v) is 8.57. The maximum absolute atomic E-state index is 13.3. The van der Waals surface area contributed by atoms with Gasteiger partial charge in [0.15, 0.2) is 0 Å². The van der Waals surface area contributed by atoms with Crippen LogP contribution in [0.5, 0.6) is 0 Å². The fourth-order valence-electron chi connectivity index (χ4n) is 3.59. The van der Waals surface area contributed by atoms with Crippen LogP contribution < -0.4 is 5.32 Å². The summed E-state index contributed by atoms with van der Waals surface area (Å²) in [6, 6.07) is 6.08. The lowest BCUT2D eigenvalue weighted by molar-refractivity contribution is -0.120. The Hall–Kier alpha value is -1.96. The van der Waals surface area contributed by atoms with Crippen LogP contribution in [0.4, 0.5) is 10.1 Å². The highest BCUT2D eigenvalue weighted by atomic mass is 35.5. The average molecular weight is 423 g/mol. The lowest BCUT2D eigenvalue weighted by Crippen LogP contribution is -2.40. The number of hydrogen-bond donors (Lipinski definition) is 1. The minimum Gasteiger partial charge on any atom is -0.378 e. The number of thiophene rings is 1. The zero-order valence-electron chi connectivity index (χ0n) is 15.2. The van der Waals surface area contributed by atoms with E-state index in [2.05, 4.69) is 5.32 Å². The van der Waals surface area contributed by atoms with Gasteiger partial charge >= 0.3 is 0 Å². The van der Waals surface area contributed by atoms with Gasteiger partial charge in [-0.2, -0.15) is 0 Å². The molecule has 2 heterocycles. The SMILES string of the molecule is O=C(Nc1ccc(F)c(Cl)c1)[C@@H]1CCc2sc(C(=O)N3CCOCC3)cc2C1.